The normalized spacial score (nSPS) is 11.4. The van der Waals surface area contributed by atoms with E-state index in [0.29, 0.717) is 16.5 Å². The number of hydrogen-bond acceptors (Lipinski definition) is 4. The summed E-state index contributed by atoms with van der Waals surface area (Å²) in [5.41, 5.74) is 1.27. The molecule has 3 aromatic rings. The Morgan fingerprint density at radius 1 is 1.03 bits per heavy atom. The lowest BCUT2D eigenvalue weighted by molar-refractivity contribution is 0.0697. The van der Waals surface area contributed by atoms with E-state index in [4.69, 9.17) is 21.4 Å². The van der Waals surface area contributed by atoms with Crippen molar-refractivity contribution in [3.63, 3.8) is 0 Å². The van der Waals surface area contributed by atoms with Gasteiger partial charge in [-0.1, -0.05) is 55.8 Å². The second kappa shape index (κ2) is 10.1. The van der Waals surface area contributed by atoms with Crippen LogP contribution in [0.25, 0.3) is 0 Å². The number of hydrogen-bond donors (Lipinski definition) is 1. The molecule has 0 spiro atoms. The molecule has 0 fully saturated rings. The lowest BCUT2D eigenvalue weighted by atomic mass is 10.1. The molecular formula is C24H24ClNO5S. The van der Waals surface area contributed by atoms with E-state index >= 15 is 0 Å². The zero-order valence-electron chi connectivity index (χ0n) is 17.7. The van der Waals surface area contributed by atoms with E-state index in [9.17, 15) is 13.2 Å². The fourth-order valence-corrected chi connectivity index (χ4v) is 4.91. The molecule has 0 aliphatic rings. The van der Waals surface area contributed by atoms with Gasteiger partial charge in [-0.2, -0.15) is 0 Å². The molecule has 0 saturated carbocycles. The van der Waals surface area contributed by atoms with E-state index in [1.807, 2.05) is 13.8 Å². The summed E-state index contributed by atoms with van der Waals surface area (Å²) in [5, 5.41) is 9.43. The molecule has 0 radical (unpaired) electrons. The number of anilines is 1. The van der Waals surface area contributed by atoms with Crippen LogP contribution >= 0.6 is 11.6 Å². The van der Waals surface area contributed by atoms with Gasteiger partial charge in [0.2, 0.25) is 0 Å². The third-order valence-corrected chi connectivity index (χ3v) is 6.68. The first-order chi connectivity index (χ1) is 15.2. The minimum absolute atomic E-state index is 0.0453. The van der Waals surface area contributed by atoms with Crippen LogP contribution in [0.15, 0.2) is 77.7 Å². The van der Waals surface area contributed by atoms with Crippen LogP contribution in [0.1, 0.15) is 29.8 Å². The number of aromatic carboxylic acids is 1. The van der Waals surface area contributed by atoms with E-state index in [1.54, 1.807) is 60.7 Å². The first-order valence-corrected chi connectivity index (χ1v) is 11.8. The maximum atomic E-state index is 13.5. The van der Waals surface area contributed by atoms with Crippen molar-refractivity contribution in [2.75, 3.05) is 10.8 Å². The Morgan fingerprint density at radius 2 is 1.69 bits per heavy atom. The molecule has 0 aliphatic carbocycles. The van der Waals surface area contributed by atoms with Gasteiger partial charge in [0.15, 0.2) is 0 Å². The Bertz CT molecular complexity index is 1180. The highest BCUT2D eigenvalue weighted by atomic mass is 35.5. The van der Waals surface area contributed by atoms with Crippen LogP contribution in [0.2, 0.25) is 5.02 Å². The monoisotopic (exact) mass is 473 g/mol. The maximum absolute atomic E-state index is 13.5. The van der Waals surface area contributed by atoms with Gasteiger partial charge in [0, 0.05) is 11.6 Å². The molecule has 0 unspecified atom stereocenters. The molecule has 168 valence electrons. The highest BCUT2D eigenvalue weighted by Crippen LogP contribution is 2.36. The van der Waals surface area contributed by atoms with Crippen molar-refractivity contribution in [3.8, 4) is 5.75 Å². The maximum Gasteiger partial charge on any atom is 0.335 e. The second-order valence-corrected chi connectivity index (χ2v) is 9.94. The van der Waals surface area contributed by atoms with Gasteiger partial charge in [-0.3, -0.25) is 4.31 Å². The minimum Gasteiger partial charge on any atom is -0.487 e. The molecule has 8 heteroatoms. The summed E-state index contributed by atoms with van der Waals surface area (Å²) >= 11 is 6.23. The first-order valence-electron chi connectivity index (χ1n) is 10.0. The van der Waals surface area contributed by atoms with Crippen LogP contribution in [-0.4, -0.2) is 26.0 Å². The quantitative estimate of drug-likeness (QED) is 0.445. The molecule has 3 rings (SSSR count). The predicted octanol–water partition coefficient (Wildman–Crippen LogP) is 5.47. The van der Waals surface area contributed by atoms with Gasteiger partial charge >= 0.3 is 5.97 Å². The van der Waals surface area contributed by atoms with Crippen molar-refractivity contribution in [2.24, 2.45) is 5.92 Å². The van der Waals surface area contributed by atoms with Crippen LogP contribution in [0.4, 0.5) is 5.69 Å². The molecule has 0 saturated heterocycles. The average Bonchev–Trinajstić information content (AvgIpc) is 2.77. The minimum atomic E-state index is -3.86. The summed E-state index contributed by atoms with van der Waals surface area (Å²) in [7, 11) is -3.86. The van der Waals surface area contributed by atoms with Crippen LogP contribution in [0.5, 0.6) is 5.75 Å². The zero-order valence-corrected chi connectivity index (χ0v) is 19.3. The number of benzene rings is 3. The molecule has 0 aromatic heterocycles. The molecule has 0 heterocycles. The van der Waals surface area contributed by atoms with E-state index in [0.717, 1.165) is 5.56 Å². The molecule has 3 aromatic carbocycles. The molecule has 32 heavy (non-hydrogen) atoms. The van der Waals surface area contributed by atoms with E-state index < -0.39 is 16.0 Å². The van der Waals surface area contributed by atoms with Gasteiger partial charge < -0.3 is 9.84 Å². The van der Waals surface area contributed by atoms with Gasteiger partial charge in [-0.15, -0.1) is 0 Å². The highest BCUT2D eigenvalue weighted by Gasteiger charge is 2.28. The predicted molar refractivity (Wildman–Crippen MR) is 125 cm³/mol. The summed E-state index contributed by atoms with van der Waals surface area (Å²) in [6.45, 7) is 4.24. The van der Waals surface area contributed by atoms with Gasteiger partial charge in [-0.05, 0) is 53.9 Å². The number of carbonyl (C=O) groups is 1. The topological polar surface area (TPSA) is 83.9 Å². The molecular weight excluding hydrogens is 450 g/mol. The van der Waals surface area contributed by atoms with E-state index in [1.165, 1.54) is 16.4 Å². The Labute approximate surface area is 193 Å². The molecule has 6 nitrogen and oxygen atoms in total. The SMILES string of the molecule is CC(C)CN(c1cc(Cl)ccc1OCc1ccc(C(=O)O)cc1)S(=O)(=O)c1ccccc1. The average molecular weight is 474 g/mol. The van der Waals surface area contributed by atoms with Crippen molar-refractivity contribution in [1.29, 1.82) is 0 Å². The lowest BCUT2D eigenvalue weighted by Gasteiger charge is -2.28. The van der Waals surface area contributed by atoms with Crippen molar-refractivity contribution in [1.82, 2.24) is 0 Å². The van der Waals surface area contributed by atoms with Crippen LogP contribution in [-0.2, 0) is 16.6 Å². The molecule has 0 bridgehead atoms. The zero-order chi connectivity index (χ0) is 23.3. The third kappa shape index (κ3) is 5.60. The highest BCUT2D eigenvalue weighted by molar-refractivity contribution is 7.92. The van der Waals surface area contributed by atoms with Gasteiger partial charge in [0.25, 0.3) is 10.0 Å². The fraction of sp³-hybridized carbons (Fsp3) is 0.208. The lowest BCUT2D eigenvalue weighted by Crippen LogP contribution is -2.34. The third-order valence-electron chi connectivity index (χ3n) is 4.65. The summed E-state index contributed by atoms with van der Waals surface area (Å²) in [5.74, 6) is -0.603. The second-order valence-electron chi connectivity index (χ2n) is 7.65. The number of carboxylic acid groups (broad SMARTS) is 1. The van der Waals surface area contributed by atoms with E-state index in [-0.39, 0.29) is 29.5 Å². The van der Waals surface area contributed by atoms with Crippen LogP contribution < -0.4 is 9.04 Å². The van der Waals surface area contributed by atoms with Crippen LogP contribution in [0, 0.1) is 5.92 Å². The Morgan fingerprint density at radius 3 is 2.28 bits per heavy atom. The van der Waals surface area contributed by atoms with Crippen molar-refractivity contribution >= 4 is 33.3 Å². The largest absolute Gasteiger partial charge is 0.487 e. The van der Waals surface area contributed by atoms with Crippen LogP contribution in [0.3, 0.4) is 0 Å². The standard InChI is InChI=1S/C24H24ClNO5S/c1-17(2)15-26(32(29,30)21-6-4-3-5-7-21)22-14-20(25)12-13-23(22)31-16-18-8-10-19(11-9-18)24(27)28/h3-14,17H,15-16H2,1-2H3,(H,27,28). The summed E-state index contributed by atoms with van der Waals surface area (Å²) in [6, 6.07) is 19.4. The Kier molecular flexibility index (Phi) is 7.43. The van der Waals surface area contributed by atoms with Gasteiger partial charge in [0.1, 0.15) is 12.4 Å². The van der Waals surface area contributed by atoms with Gasteiger partial charge in [0.05, 0.1) is 16.1 Å². The number of ether oxygens (including phenoxy) is 1. The Hall–Kier alpha value is -3.03. The van der Waals surface area contributed by atoms with E-state index in [2.05, 4.69) is 0 Å². The fourth-order valence-electron chi connectivity index (χ4n) is 3.09. The number of carboxylic acids is 1. The number of rotatable bonds is 9. The van der Waals surface area contributed by atoms with Crippen molar-refractivity contribution in [2.45, 2.75) is 25.3 Å². The molecule has 0 amide bonds. The molecule has 0 atom stereocenters. The first kappa shape index (κ1) is 23.6. The summed E-state index contributed by atoms with van der Waals surface area (Å²) in [6.07, 6.45) is 0. The Balaban J connectivity index is 1.97. The molecule has 1 N–H and O–H groups in total. The van der Waals surface area contributed by atoms with Crippen molar-refractivity contribution in [3.05, 3.63) is 88.9 Å². The molecule has 0 aliphatic heterocycles. The van der Waals surface area contributed by atoms with Crippen molar-refractivity contribution < 1.29 is 23.1 Å². The smallest absolute Gasteiger partial charge is 0.335 e. The summed E-state index contributed by atoms with van der Waals surface area (Å²) in [4.78, 5) is 11.2. The van der Waals surface area contributed by atoms with Gasteiger partial charge in [-0.25, -0.2) is 13.2 Å². The number of halogens is 1. The number of nitrogens with zero attached hydrogens (tertiary/aromatic N) is 1. The summed E-state index contributed by atoms with van der Waals surface area (Å²) < 4.78 is 34.2. The number of sulfonamides is 1.